The number of fused-ring (bicyclic) bond motifs is 1. The maximum Gasteiger partial charge on any atom is 0.337 e. The molecule has 0 unspecified atom stereocenters. The number of Topliss-reactive ketones (excluding diaryl/α,β-unsaturated/α-hetero) is 1. The SMILES string of the molecule is CC1=C(C(=O)OCc2ccccc2)[C@H](c2cc3c(cc2Br)OCO3)C2=C(CC(C)(C)CC2=O)N1. The van der Waals surface area contributed by atoms with Gasteiger partial charge in [-0.15, -0.1) is 0 Å². The first kappa shape index (κ1) is 22.7. The molecule has 2 aromatic carbocycles. The molecule has 2 heterocycles. The Kier molecular flexibility index (Phi) is 5.76. The molecule has 3 aliphatic rings. The number of halogens is 1. The van der Waals surface area contributed by atoms with Gasteiger partial charge in [0.1, 0.15) is 6.61 Å². The monoisotopic (exact) mass is 523 g/mol. The Bertz CT molecular complexity index is 1250. The molecule has 7 heteroatoms. The van der Waals surface area contributed by atoms with Gasteiger partial charge in [0, 0.05) is 33.8 Å². The molecule has 5 rings (SSSR count). The van der Waals surface area contributed by atoms with E-state index < -0.39 is 11.9 Å². The van der Waals surface area contributed by atoms with Crippen LogP contribution in [0.5, 0.6) is 11.5 Å². The lowest BCUT2D eigenvalue weighted by molar-refractivity contribution is -0.140. The van der Waals surface area contributed by atoms with E-state index in [4.69, 9.17) is 14.2 Å². The van der Waals surface area contributed by atoms with Crippen molar-refractivity contribution in [3.8, 4) is 11.5 Å². The van der Waals surface area contributed by atoms with Crippen molar-refractivity contribution in [3.63, 3.8) is 0 Å². The van der Waals surface area contributed by atoms with E-state index in [1.807, 2.05) is 49.4 Å². The van der Waals surface area contributed by atoms with Gasteiger partial charge in [-0.2, -0.15) is 0 Å². The number of dihydropyridines is 1. The summed E-state index contributed by atoms with van der Waals surface area (Å²) in [6, 6.07) is 13.2. The van der Waals surface area contributed by atoms with E-state index in [-0.39, 0.29) is 24.6 Å². The normalized spacial score (nSPS) is 20.7. The molecule has 1 aliphatic carbocycles. The number of benzene rings is 2. The van der Waals surface area contributed by atoms with Gasteiger partial charge in [0.25, 0.3) is 0 Å². The fraction of sp³-hybridized carbons (Fsp3) is 0.333. The summed E-state index contributed by atoms with van der Waals surface area (Å²) in [5.74, 6) is 0.231. The Labute approximate surface area is 207 Å². The van der Waals surface area contributed by atoms with Crippen molar-refractivity contribution >= 4 is 27.7 Å². The largest absolute Gasteiger partial charge is 0.457 e. The lowest BCUT2D eigenvalue weighted by atomic mass is 9.68. The second kappa shape index (κ2) is 8.62. The first-order chi connectivity index (χ1) is 16.2. The number of esters is 1. The Morgan fingerprint density at radius 3 is 2.59 bits per heavy atom. The van der Waals surface area contributed by atoms with Crippen LogP contribution in [0.3, 0.4) is 0 Å². The summed E-state index contributed by atoms with van der Waals surface area (Å²) in [6.45, 7) is 6.33. The number of hydrogen-bond donors (Lipinski definition) is 1. The molecule has 0 saturated carbocycles. The van der Waals surface area contributed by atoms with Crippen molar-refractivity contribution in [1.29, 1.82) is 0 Å². The van der Waals surface area contributed by atoms with Crippen LogP contribution < -0.4 is 14.8 Å². The van der Waals surface area contributed by atoms with Crippen molar-refractivity contribution in [2.45, 2.75) is 46.1 Å². The van der Waals surface area contributed by atoms with Crippen LogP contribution in [0.2, 0.25) is 0 Å². The minimum atomic E-state index is -0.577. The summed E-state index contributed by atoms with van der Waals surface area (Å²) in [5, 5.41) is 3.37. The van der Waals surface area contributed by atoms with Crippen LogP contribution in [0.1, 0.15) is 50.7 Å². The molecular formula is C27H26BrNO5. The molecule has 0 saturated heterocycles. The zero-order chi connectivity index (χ0) is 24.0. The minimum Gasteiger partial charge on any atom is -0.457 e. The standard InChI is InChI=1S/C27H26BrNO5/c1-15-23(26(31)32-13-16-7-5-4-6-8-16)24(17-9-21-22(10-18(17)28)34-14-33-21)25-19(29-15)11-27(2,3)12-20(25)30/h4-10,24,29H,11-14H2,1-3H3/t24-/m0/s1. The number of nitrogens with one attached hydrogen (secondary N) is 1. The predicted molar refractivity (Wildman–Crippen MR) is 130 cm³/mol. The van der Waals surface area contributed by atoms with E-state index in [0.29, 0.717) is 34.8 Å². The lowest BCUT2D eigenvalue weighted by Crippen LogP contribution is -2.38. The molecule has 1 atom stereocenters. The van der Waals surface area contributed by atoms with Crippen molar-refractivity contribution in [2.24, 2.45) is 5.41 Å². The molecule has 0 radical (unpaired) electrons. The average molecular weight is 524 g/mol. The van der Waals surface area contributed by atoms with Crippen molar-refractivity contribution in [3.05, 3.63) is 80.6 Å². The number of carbonyl (C=O) groups is 2. The van der Waals surface area contributed by atoms with Crippen molar-refractivity contribution in [1.82, 2.24) is 5.32 Å². The zero-order valence-corrected chi connectivity index (χ0v) is 21.0. The highest BCUT2D eigenvalue weighted by atomic mass is 79.9. The first-order valence-corrected chi connectivity index (χ1v) is 12.1. The molecule has 2 aliphatic heterocycles. The van der Waals surface area contributed by atoms with Crippen molar-refractivity contribution in [2.75, 3.05) is 6.79 Å². The molecule has 0 aromatic heterocycles. The van der Waals surface area contributed by atoms with Crippen LogP contribution in [-0.4, -0.2) is 18.5 Å². The third-order valence-electron chi connectivity index (χ3n) is 6.48. The third-order valence-corrected chi connectivity index (χ3v) is 7.16. The molecule has 6 nitrogen and oxygen atoms in total. The van der Waals surface area contributed by atoms with Gasteiger partial charge in [-0.1, -0.05) is 60.1 Å². The van der Waals surface area contributed by atoms with E-state index in [0.717, 1.165) is 27.7 Å². The van der Waals surface area contributed by atoms with E-state index in [1.165, 1.54) is 0 Å². The topological polar surface area (TPSA) is 73.9 Å². The Balaban J connectivity index is 1.59. The smallest absolute Gasteiger partial charge is 0.337 e. The average Bonchev–Trinajstić information content (AvgIpc) is 3.23. The number of carbonyl (C=O) groups excluding carboxylic acids is 2. The quantitative estimate of drug-likeness (QED) is 0.531. The van der Waals surface area contributed by atoms with Gasteiger partial charge in [-0.25, -0.2) is 4.79 Å². The van der Waals surface area contributed by atoms with Crippen LogP contribution >= 0.6 is 15.9 Å². The van der Waals surface area contributed by atoms with E-state index in [1.54, 1.807) is 0 Å². The summed E-state index contributed by atoms with van der Waals surface area (Å²) in [6.07, 6.45) is 1.13. The second-order valence-corrected chi connectivity index (χ2v) is 10.6. The summed E-state index contributed by atoms with van der Waals surface area (Å²) in [4.78, 5) is 27.0. The molecular weight excluding hydrogens is 498 g/mol. The Morgan fingerprint density at radius 2 is 1.85 bits per heavy atom. The third kappa shape index (κ3) is 4.13. The summed E-state index contributed by atoms with van der Waals surface area (Å²) in [5.41, 5.74) is 4.13. The van der Waals surface area contributed by atoms with Gasteiger partial charge in [0.05, 0.1) is 5.57 Å². The maximum atomic E-state index is 13.5. The molecule has 0 spiro atoms. The minimum absolute atomic E-state index is 0.0363. The zero-order valence-electron chi connectivity index (χ0n) is 19.4. The van der Waals surface area contributed by atoms with Crippen LogP contribution in [-0.2, 0) is 20.9 Å². The Hall–Kier alpha value is -3.06. The van der Waals surface area contributed by atoms with Crippen LogP contribution in [0, 0.1) is 5.41 Å². The highest BCUT2D eigenvalue weighted by Crippen LogP contribution is 2.50. The number of allylic oxidation sites excluding steroid dienone is 3. The molecule has 0 amide bonds. The van der Waals surface area contributed by atoms with Gasteiger partial charge < -0.3 is 19.5 Å². The highest BCUT2D eigenvalue weighted by Gasteiger charge is 2.44. The van der Waals surface area contributed by atoms with Gasteiger partial charge >= 0.3 is 5.97 Å². The molecule has 34 heavy (non-hydrogen) atoms. The molecule has 1 N–H and O–H groups in total. The maximum absolute atomic E-state index is 13.5. The second-order valence-electron chi connectivity index (χ2n) is 9.72. The van der Waals surface area contributed by atoms with Crippen LogP contribution in [0.15, 0.2) is 69.5 Å². The fourth-order valence-electron chi connectivity index (χ4n) is 4.97. The van der Waals surface area contributed by atoms with Gasteiger partial charge in [0.15, 0.2) is 17.3 Å². The fourth-order valence-corrected chi connectivity index (χ4v) is 5.52. The Morgan fingerprint density at radius 1 is 1.15 bits per heavy atom. The number of ketones is 1. The van der Waals surface area contributed by atoms with E-state index >= 15 is 0 Å². The van der Waals surface area contributed by atoms with E-state index in [9.17, 15) is 9.59 Å². The first-order valence-electron chi connectivity index (χ1n) is 11.3. The molecule has 0 bridgehead atoms. The summed E-state index contributed by atoms with van der Waals surface area (Å²) in [7, 11) is 0. The highest BCUT2D eigenvalue weighted by molar-refractivity contribution is 9.10. The number of hydrogen-bond acceptors (Lipinski definition) is 6. The predicted octanol–water partition coefficient (Wildman–Crippen LogP) is 5.53. The van der Waals surface area contributed by atoms with Crippen LogP contribution in [0.4, 0.5) is 0 Å². The number of rotatable bonds is 4. The molecule has 0 fully saturated rings. The van der Waals surface area contributed by atoms with Crippen LogP contribution in [0.25, 0.3) is 0 Å². The molecule has 176 valence electrons. The number of ether oxygens (including phenoxy) is 3. The summed E-state index contributed by atoms with van der Waals surface area (Å²) >= 11 is 3.65. The lowest BCUT2D eigenvalue weighted by Gasteiger charge is -2.39. The van der Waals surface area contributed by atoms with Gasteiger partial charge in [-0.05, 0) is 42.0 Å². The van der Waals surface area contributed by atoms with Crippen molar-refractivity contribution < 1.29 is 23.8 Å². The van der Waals surface area contributed by atoms with Gasteiger partial charge in [0.2, 0.25) is 6.79 Å². The van der Waals surface area contributed by atoms with Gasteiger partial charge in [-0.3, -0.25) is 4.79 Å². The molecule has 2 aromatic rings. The summed E-state index contributed by atoms with van der Waals surface area (Å²) < 4.78 is 17.6. The van der Waals surface area contributed by atoms with E-state index in [2.05, 4.69) is 35.1 Å².